The average molecular weight is 468 g/mol. The molecular weight excluding hydrogens is 438 g/mol. The first-order chi connectivity index (χ1) is 16.3. The molecule has 0 saturated carbocycles. The molecule has 2 aromatic heterocycles. The van der Waals surface area contributed by atoms with Gasteiger partial charge >= 0.3 is 0 Å². The largest absolute Gasteiger partial charge is 0.383 e. The van der Waals surface area contributed by atoms with E-state index in [0.717, 1.165) is 11.2 Å². The standard InChI is InChI=1S/C23H29N7O4/c1-14(2)30-13-25-20-19(27-23(28-22(20)30)29-8-10-34-11-9-29)15-4-3-5-16(12-15)26-18(32)7-6-17(31)21(24)33/h3-5,12-14,17,31H,6-11H2,1-2H3,(H2,24,33)(H,26,32). The second-order valence-corrected chi connectivity index (χ2v) is 8.48. The number of aromatic nitrogens is 4. The highest BCUT2D eigenvalue weighted by atomic mass is 16.5. The number of benzene rings is 1. The number of nitrogens with zero attached hydrogens (tertiary/aromatic N) is 5. The van der Waals surface area contributed by atoms with Crippen molar-refractivity contribution in [3.05, 3.63) is 30.6 Å². The number of imidazole rings is 1. The molecule has 0 spiro atoms. The van der Waals surface area contributed by atoms with Crippen LogP contribution in [0, 0.1) is 0 Å². The summed E-state index contributed by atoms with van der Waals surface area (Å²) in [7, 11) is 0. The number of aliphatic hydroxyl groups excluding tert-OH is 1. The minimum Gasteiger partial charge on any atom is -0.383 e. The lowest BCUT2D eigenvalue weighted by molar-refractivity contribution is -0.126. The topological polar surface area (TPSA) is 148 Å². The number of morpholine rings is 1. The van der Waals surface area contributed by atoms with Gasteiger partial charge in [0.05, 0.1) is 19.5 Å². The quantitative estimate of drug-likeness (QED) is 0.451. The highest BCUT2D eigenvalue weighted by molar-refractivity contribution is 5.93. The normalized spacial score (nSPS) is 15.0. The Bertz CT molecular complexity index is 1190. The predicted molar refractivity (Wildman–Crippen MR) is 127 cm³/mol. The molecule has 0 radical (unpaired) electrons. The van der Waals surface area contributed by atoms with Gasteiger partial charge in [0.2, 0.25) is 17.8 Å². The van der Waals surface area contributed by atoms with Crippen molar-refractivity contribution in [3.63, 3.8) is 0 Å². The molecule has 1 aliphatic rings. The SMILES string of the molecule is CC(C)n1cnc2c(-c3cccc(NC(=O)CCC(O)C(N)=O)c3)nc(N3CCOCC3)nc21. The molecule has 1 unspecified atom stereocenters. The minimum atomic E-state index is -1.35. The van der Waals surface area contributed by atoms with Crippen molar-refractivity contribution in [2.24, 2.45) is 5.73 Å². The molecule has 180 valence electrons. The van der Waals surface area contributed by atoms with E-state index in [9.17, 15) is 14.7 Å². The van der Waals surface area contributed by atoms with Gasteiger partial charge in [-0.2, -0.15) is 4.98 Å². The van der Waals surface area contributed by atoms with Crippen LogP contribution in [0.5, 0.6) is 0 Å². The van der Waals surface area contributed by atoms with E-state index >= 15 is 0 Å². The molecule has 1 saturated heterocycles. The predicted octanol–water partition coefficient (Wildman–Crippen LogP) is 1.48. The van der Waals surface area contributed by atoms with Crippen molar-refractivity contribution in [1.29, 1.82) is 0 Å². The van der Waals surface area contributed by atoms with Gasteiger partial charge in [-0.05, 0) is 32.4 Å². The lowest BCUT2D eigenvalue weighted by atomic mass is 10.1. The Labute approximate surface area is 197 Å². The van der Waals surface area contributed by atoms with Crippen LogP contribution in [0.3, 0.4) is 0 Å². The fourth-order valence-electron chi connectivity index (χ4n) is 3.77. The van der Waals surface area contributed by atoms with Gasteiger partial charge in [-0.3, -0.25) is 9.59 Å². The number of nitrogens with one attached hydrogen (secondary N) is 1. The number of rotatable bonds is 8. The molecule has 4 N–H and O–H groups in total. The first-order valence-electron chi connectivity index (χ1n) is 11.3. The molecule has 2 amide bonds. The summed E-state index contributed by atoms with van der Waals surface area (Å²) in [6, 6.07) is 7.49. The van der Waals surface area contributed by atoms with Crippen LogP contribution >= 0.6 is 0 Å². The Morgan fingerprint density at radius 2 is 2.00 bits per heavy atom. The Balaban J connectivity index is 1.66. The van der Waals surface area contributed by atoms with Crippen molar-refractivity contribution in [2.45, 2.75) is 38.8 Å². The van der Waals surface area contributed by atoms with Crippen LogP contribution in [0.15, 0.2) is 30.6 Å². The Morgan fingerprint density at radius 3 is 2.71 bits per heavy atom. The second-order valence-electron chi connectivity index (χ2n) is 8.48. The number of carbonyl (C=O) groups is 2. The number of aliphatic hydroxyl groups is 1. The number of anilines is 2. The van der Waals surface area contributed by atoms with Crippen LogP contribution in [0.25, 0.3) is 22.4 Å². The van der Waals surface area contributed by atoms with Crippen molar-refractivity contribution >= 4 is 34.6 Å². The fourth-order valence-corrected chi connectivity index (χ4v) is 3.77. The zero-order valence-corrected chi connectivity index (χ0v) is 19.3. The van der Waals surface area contributed by atoms with Gasteiger partial charge in [0, 0.05) is 36.8 Å². The highest BCUT2D eigenvalue weighted by Crippen LogP contribution is 2.30. The smallest absolute Gasteiger partial charge is 0.246 e. The molecular formula is C23H29N7O4. The van der Waals surface area contributed by atoms with E-state index in [4.69, 9.17) is 20.4 Å². The van der Waals surface area contributed by atoms with Crippen LogP contribution in [-0.2, 0) is 14.3 Å². The van der Waals surface area contributed by atoms with Crippen LogP contribution in [0.4, 0.5) is 11.6 Å². The van der Waals surface area contributed by atoms with E-state index in [1.165, 1.54) is 0 Å². The van der Waals surface area contributed by atoms with Crippen molar-refractivity contribution in [1.82, 2.24) is 19.5 Å². The van der Waals surface area contributed by atoms with E-state index in [0.29, 0.717) is 49.1 Å². The van der Waals surface area contributed by atoms with Gasteiger partial charge in [0.25, 0.3) is 0 Å². The summed E-state index contributed by atoms with van der Waals surface area (Å²) in [5, 5.41) is 12.3. The summed E-state index contributed by atoms with van der Waals surface area (Å²) in [4.78, 5) is 39.6. The zero-order valence-electron chi connectivity index (χ0n) is 19.3. The molecule has 1 fully saturated rings. The zero-order chi connectivity index (χ0) is 24.2. The summed E-state index contributed by atoms with van der Waals surface area (Å²) >= 11 is 0. The highest BCUT2D eigenvalue weighted by Gasteiger charge is 2.21. The second kappa shape index (κ2) is 10.1. The third-order valence-electron chi connectivity index (χ3n) is 5.65. The molecule has 1 aliphatic heterocycles. The maximum Gasteiger partial charge on any atom is 0.246 e. The van der Waals surface area contributed by atoms with E-state index in [-0.39, 0.29) is 24.8 Å². The van der Waals surface area contributed by atoms with E-state index < -0.39 is 12.0 Å². The van der Waals surface area contributed by atoms with Crippen LogP contribution in [-0.4, -0.2) is 68.8 Å². The number of nitrogens with two attached hydrogens (primary N) is 1. The van der Waals surface area contributed by atoms with Crippen LogP contribution in [0.1, 0.15) is 32.7 Å². The lowest BCUT2D eigenvalue weighted by Crippen LogP contribution is -2.37. The maximum absolute atomic E-state index is 12.3. The number of fused-ring (bicyclic) bond motifs is 1. The van der Waals surface area contributed by atoms with E-state index in [1.807, 2.05) is 22.8 Å². The van der Waals surface area contributed by atoms with Crippen LogP contribution in [0.2, 0.25) is 0 Å². The molecule has 3 heterocycles. The Kier molecular flexibility index (Phi) is 7.03. The number of hydrogen-bond acceptors (Lipinski definition) is 8. The molecule has 1 atom stereocenters. The van der Waals surface area contributed by atoms with Gasteiger partial charge in [-0.1, -0.05) is 12.1 Å². The van der Waals surface area contributed by atoms with Crippen molar-refractivity contribution in [2.75, 3.05) is 36.5 Å². The van der Waals surface area contributed by atoms with Gasteiger partial charge in [0.1, 0.15) is 17.3 Å². The Morgan fingerprint density at radius 1 is 1.24 bits per heavy atom. The van der Waals surface area contributed by atoms with Crippen molar-refractivity contribution in [3.8, 4) is 11.3 Å². The monoisotopic (exact) mass is 467 g/mol. The molecule has 0 aliphatic carbocycles. The minimum absolute atomic E-state index is 0.0357. The van der Waals surface area contributed by atoms with Gasteiger partial charge in [0.15, 0.2) is 5.65 Å². The van der Waals surface area contributed by atoms with Gasteiger partial charge in [-0.25, -0.2) is 9.97 Å². The van der Waals surface area contributed by atoms with E-state index in [1.54, 1.807) is 12.4 Å². The van der Waals surface area contributed by atoms with Gasteiger partial charge < -0.3 is 30.4 Å². The maximum atomic E-state index is 12.3. The number of carbonyl (C=O) groups excluding carboxylic acids is 2. The molecule has 11 nitrogen and oxygen atoms in total. The van der Waals surface area contributed by atoms with Crippen molar-refractivity contribution < 1.29 is 19.4 Å². The molecule has 34 heavy (non-hydrogen) atoms. The average Bonchev–Trinajstić information content (AvgIpc) is 3.27. The number of primary amides is 1. The summed E-state index contributed by atoms with van der Waals surface area (Å²) in [5.41, 5.74) is 8.49. The molecule has 4 rings (SSSR count). The molecule has 0 bridgehead atoms. The molecule has 3 aromatic rings. The van der Waals surface area contributed by atoms with Gasteiger partial charge in [-0.15, -0.1) is 0 Å². The summed E-state index contributed by atoms with van der Waals surface area (Å²) in [6.07, 6.45) is 0.349. The summed E-state index contributed by atoms with van der Waals surface area (Å²) in [6.45, 7) is 6.78. The summed E-state index contributed by atoms with van der Waals surface area (Å²) in [5.74, 6) is -0.564. The number of ether oxygens (including phenoxy) is 1. The van der Waals surface area contributed by atoms with E-state index in [2.05, 4.69) is 29.0 Å². The first-order valence-corrected chi connectivity index (χ1v) is 11.3. The Hall–Kier alpha value is -3.57. The lowest BCUT2D eigenvalue weighted by Gasteiger charge is -2.27. The molecule has 1 aromatic carbocycles. The molecule has 11 heteroatoms. The number of amides is 2. The third-order valence-corrected chi connectivity index (χ3v) is 5.65. The number of hydrogen-bond donors (Lipinski definition) is 3. The third kappa shape index (κ3) is 5.15. The first kappa shape index (κ1) is 23.6. The van der Waals surface area contributed by atoms with Crippen LogP contribution < -0.4 is 16.0 Å². The summed E-state index contributed by atoms with van der Waals surface area (Å²) < 4.78 is 7.49. The fraction of sp³-hybridized carbons (Fsp3) is 0.435.